The Morgan fingerprint density at radius 1 is 1.47 bits per heavy atom. The van der Waals surface area contributed by atoms with Crippen LogP contribution in [0.25, 0.3) is 0 Å². The predicted octanol–water partition coefficient (Wildman–Crippen LogP) is 2.47. The molecule has 17 heavy (non-hydrogen) atoms. The van der Waals surface area contributed by atoms with E-state index in [2.05, 4.69) is 27.5 Å². The van der Waals surface area contributed by atoms with Gasteiger partial charge in [0.1, 0.15) is 5.82 Å². The van der Waals surface area contributed by atoms with Crippen LogP contribution in [0.1, 0.15) is 40.8 Å². The highest BCUT2D eigenvalue weighted by Crippen LogP contribution is 2.26. The summed E-state index contributed by atoms with van der Waals surface area (Å²) >= 11 is 1.75. The van der Waals surface area contributed by atoms with Gasteiger partial charge in [0.15, 0.2) is 0 Å². The Kier molecular flexibility index (Phi) is 2.91. The first-order chi connectivity index (χ1) is 8.33. The standard InChI is InChI=1S/C13H15N3S/c14-11-4-1-5-12-10(11)8-15-13(16-12)7-9-3-2-6-17-9/h2-3,6,8,11H,1,4-5,7,14H2. The lowest BCUT2D eigenvalue weighted by Crippen LogP contribution is -2.19. The highest BCUT2D eigenvalue weighted by molar-refractivity contribution is 7.09. The first-order valence-corrected chi connectivity index (χ1v) is 6.83. The van der Waals surface area contributed by atoms with Crippen molar-refractivity contribution in [3.8, 4) is 0 Å². The average Bonchev–Trinajstić information content (AvgIpc) is 2.82. The number of nitrogens with zero attached hydrogens (tertiary/aromatic N) is 2. The number of aromatic nitrogens is 2. The summed E-state index contributed by atoms with van der Waals surface area (Å²) in [7, 11) is 0. The van der Waals surface area contributed by atoms with Gasteiger partial charge in [-0.1, -0.05) is 6.07 Å². The molecule has 3 nitrogen and oxygen atoms in total. The minimum absolute atomic E-state index is 0.134. The summed E-state index contributed by atoms with van der Waals surface area (Å²) in [5.41, 5.74) is 8.36. The molecule has 2 heterocycles. The molecule has 0 spiro atoms. The number of aryl methyl sites for hydroxylation is 1. The van der Waals surface area contributed by atoms with Gasteiger partial charge in [-0.15, -0.1) is 11.3 Å². The SMILES string of the molecule is NC1CCCc2nc(Cc3cccs3)ncc21. The highest BCUT2D eigenvalue weighted by atomic mass is 32.1. The van der Waals surface area contributed by atoms with Crippen molar-refractivity contribution in [3.05, 3.63) is 45.7 Å². The van der Waals surface area contributed by atoms with Crippen LogP contribution in [0, 0.1) is 0 Å². The second-order valence-electron chi connectivity index (χ2n) is 4.44. The largest absolute Gasteiger partial charge is 0.324 e. The molecule has 0 fully saturated rings. The topological polar surface area (TPSA) is 51.8 Å². The Morgan fingerprint density at radius 2 is 2.41 bits per heavy atom. The molecular weight excluding hydrogens is 230 g/mol. The molecule has 0 radical (unpaired) electrons. The molecule has 0 bridgehead atoms. The van der Waals surface area contributed by atoms with Crippen molar-refractivity contribution in [2.45, 2.75) is 31.7 Å². The number of thiophene rings is 1. The Morgan fingerprint density at radius 3 is 3.24 bits per heavy atom. The number of hydrogen-bond donors (Lipinski definition) is 1. The van der Waals surface area contributed by atoms with Gasteiger partial charge in [0.2, 0.25) is 0 Å². The first kappa shape index (κ1) is 10.9. The molecule has 0 amide bonds. The van der Waals surface area contributed by atoms with Crippen LogP contribution in [0.4, 0.5) is 0 Å². The van der Waals surface area contributed by atoms with Crippen molar-refractivity contribution in [1.82, 2.24) is 9.97 Å². The molecule has 2 N–H and O–H groups in total. The molecule has 0 saturated carbocycles. The Balaban J connectivity index is 1.88. The number of fused-ring (bicyclic) bond motifs is 1. The van der Waals surface area contributed by atoms with Crippen LogP contribution in [-0.4, -0.2) is 9.97 Å². The molecule has 1 unspecified atom stereocenters. The normalized spacial score (nSPS) is 19.0. The molecule has 2 aromatic heterocycles. The van der Waals surface area contributed by atoms with Gasteiger partial charge < -0.3 is 5.73 Å². The summed E-state index contributed by atoms with van der Waals surface area (Å²) in [6, 6.07) is 4.32. The van der Waals surface area contributed by atoms with Crippen LogP contribution < -0.4 is 5.73 Å². The van der Waals surface area contributed by atoms with Crippen LogP contribution >= 0.6 is 11.3 Å². The van der Waals surface area contributed by atoms with E-state index in [0.717, 1.165) is 42.8 Å². The van der Waals surface area contributed by atoms with Crippen LogP contribution in [-0.2, 0) is 12.8 Å². The molecule has 0 saturated heterocycles. The van der Waals surface area contributed by atoms with Crippen molar-refractivity contribution >= 4 is 11.3 Å². The van der Waals surface area contributed by atoms with Gasteiger partial charge in [0.25, 0.3) is 0 Å². The Bertz CT molecular complexity index is 507. The van der Waals surface area contributed by atoms with Crippen molar-refractivity contribution in [2.24, 2.45) is 5.73 Å². The Hall–Kier alpha value is -1.26. The molecule has 4 heteroatoms. The second-order valence-corrected chi connectivity index (χ2v) is 5.48. The molecule has 1 atom stereocenters. The van der Waals surface area contributed by atoms with E-state index in [1.165, 1.54) is 4.88 Å². The van der Waals surface area contributed by atoms with Crippen molar-refractivity contribution in [2.75, 3.05) is 0 Å². The molecule has 1 aliphatic rings. The van der Waals surface area contributed by atoms with E-state index in [1.54, 1.807) is 11.3 Å². The van der Waals surface area contributed by atoms with Crippen molar-refractivity contribution in [3.63, 3.8) is 0 Å². The zero-order valence-electron chi connectivity index (χ0n) is 9.60. The monoisotopic (exact) mass is 245 g/mol. The van der Waals surface area contributed by atoms with Crippen molar-refractivity contribution in [1.29, 1.82) is 0 Å². The van der Waals surface area contributed by atoms with Crippen LogP contribution in [0.2, 0.25) is 0 Å². The third-order valence-corrected chi connectivity index (χ3v) is 4.07. The van der Waals surface area contributed by atoms with Gasteiger partial charge in [-0.3, -0.25) is 0 Å². The number of hydrogen-bond acceptors (Lipinski definition) is 4. The second kappa shape index (κ2) is 4.55. The quantitative estimate of drug-likeness (QED) is 0.884. The summed E-state index contributed by atoms with van der Waals surface area (Å²) < 4.78 is 0. The maximum absolute atomic E-state index is 6.05. The Labute approximate surface area is 105 Å². The lowest BCUT2D eigenvalue weighted by atomic mass is 9.93. The molecule has 2 aromatic rings. The van der Waals surface area contributed by atoms with Crippen LogP contribution in [0.15, 0.2) is 23.7 Å². The van der Waals surface area contributed by atoms with Gasteiger partial charge in [0, 0.05) is 34.8 Å². The summed E-state index contributed by atoms with van der Waals surface area (Å²) in [5, 5.41) is 2.09. The summed E-state index contributed by atoms with van der Waals surface area (Å²) in [6.45, 7) is 0. The minimum atomic E-state index is 0.134. The van der Waals surface area contributed by atoms with Gasteiger partial charge in [-0.2, -0.15) is 0 Å². The van der Waals surface area contributed by atoms with Gasteiger partial charge in [-0.05, 0) is 30.7 Å². The summed E-state index contributed by atoms with van der Waals surface area (Å²) in [6.07, 6.45) is 6.00. The fourth-order valence-electron chi connectivity index (χ4n) is 2.28. The van der Waals surface area contributed by atoms with E-state index in [0.29, 0.717) is 0 Å². The third-order valence-electron chi connectivity index (χ3n) is 3.19. The van der Waals surface area contributed by atoms with Gasteiger partial charge in [0.05, 0.1) is 0 Å². The fraction of sp³-hybridized carbons (Fsp3) is 0.385. The zero-order chi connectivity index (χ0) is 11.7. The van der Waals surface area contributed by atoms with Gasteiger partial charge >= 0.3 is 0 Å². The average molecular weight is 245 g/mol. The molecule has 88 valence electrons. The lowest BCUT2D eigenvalue weighted by molar-refractivity contribution is 0.553. The third kappa shape index (κ3) is 2.23. The number of rotatable bonds is 2. The summed E-state index contributed by atoms with van der Waals surface area (Å²) in [4.78, 5) is 10.4. The molecule has 1 aliphatic carbocycles. The smallest absolute Gasteiger partial charge is 0.133 e. The van der Waals surface area contributed by atoms with Gasteiger partial charge in [-0.25, -0.2) is 9.97 Å². The molecule has 0 aromatic carbocycles. The van der Waals surface area contributed by atoms with E-state index < -0.39 is 0 Å². The minimum Gasteiger partial charge on any atom is -0.324 e. The maximum Gasteiger partial charge on any atom is 0.133 e. The predicted molar refractivity (Wildman–Crippen MR) is 69.0 cm³/mol. The highest BCUT2D eigenvalue weighted by Gasteiger charge is 2.18. The van der Waals surface area contributed by atoms with E-state index in [9.17, 15) is 0 Å². The summed E-state index contributed by atoms with van der Waals surface area (Å²) in [5.74, 6) is 0.917. The van der Waals surface area contributed by atoms with Crippen LogP contribution in [0.5, 0.6) is 0 Å². The first-order valence-electron chi connectivity index (χ1n) is 5.95. The molecule has 0 aliphatic heterocycles. The molecule has 3 rings (SSSR count). The number of nitrogens with two attached hydrogens (primary N) is 1. The van der Waals surface area contributed by atoms with E-state index in [-0.39, 0.29) is 6.04 Å². The lowest BCUT2D eigenvalue weighted by Gasteiger charge is -2.20. The zero-order valence-corrected chi connectivity index (χ0v) is 10.4. The fourth-order valence-corrected chi connectivity index (χ4v) is 2.98. The van der Waals surface area contributed by atoms with E-state index >= 15 is 0 Å². The van der Waals surface area contributed by atoms with Crippen LogP contribution in [0.3, 0.4) is 0 Å². The molecular formula is C13H15N3S. The van der Waals surface area contributed by atoms with E-state index in [1.807, 2.05) is 6.20 Å². The maximum atomic E-state index is 6.05. The van der Waals surface area contributed by atoms with E-state index in [4.69, 9.17) is 5.73 Å². The van der Waals surface area contributed by atoms with Crippen molar-refractivity contribution < 1.29 is 0 Å².